The molecule has 0 aliphatic rings. The maximum absolute atomic E-state index is 13.0. The summed E-state index contributed by atoms with van der Waals surface area (Å²) in [6, 6.07) is 5.93. The minimum atomic E-state index is -0.736. The highest BCUT2D eigenvalue weighted by Gasteiger charge is 2.16. The van der Waals surface area contributed by atoms with E-state index in [1.807, 2.05) is 6.92 Å². The molecule has 0 saturated carbocycles. The highest BCUT2D eigenvalue weighted by molar-refractivity contribution is 5.77. The van der Waals surface area contributed by atoms with Gasteiger partial charge in [0.2, 0.25) is 0 Å². The first-order chi connectivity index (χ1) is 8.10. The summed E-state index contributed by atoms with van der Waals surface area (Å²) in [6.45, 7) is 1.87. The molecule has 0 fully saturated rings. The molecule has 0 spiro atoms. The van der Waals surface area contributed by atoms with E-state index < -0.39 is 6.10 Å². The average Bonchev–Trinajstić information content (AvgIpc) is 2.71. The number of aliphatic hydroxyl groups is 1. The van der Waals surface area contributed by atoms with Crippen molar-refractivity contribution in [1.82, 2.24) is 0 Å². The number of hydrogen-bond acceptors (Lipinski definition) is 3. The monoisotopic (exact) mass is 238 g/mol. The molecule has 1 heterocycles. The van der Waals surface area contributed by atoms with E-state index in [0.29, 0.717) is 23.2 Å². The van der Waals surface area contributed by atoms with Crippen molar-refractivity contribution >= 4 is 11.0 Å². The molecule has 0 bridgehead atoms. The Labute approximate surface area is 98.8 Å². The molecule has 0 amide bonds. The molecule has 1 aromatic carbocycles. The lowest BCUT2D eigenvalue weighted by molar-refractivity contribution is 0.0475. The molecule has 0 saturated heterocycles. The number of hydrogen-bond donors (Lipinski definition) is 1. The van der Waals surface area contributed by atoms with Crippen LogP contribution in [0.5, 0.6) is 0 Å². The van der Waals surface area contributed by atoms with Crippen LogP contribution < -0.4 is 0 Å². The third-order valence-electron chi connectivity index (χ3n) is 2.78. The Bertz CT molecular complexity index is 506. The van der Waals surface area contributed by atoms with Crippen LogP contribution in [0, 0.1) is 5.82 Å². The van der Waals surface area contributed by atoms with Crippen LogP contribution in [-0.4, -0.2) is 18.3 Å². The molecule has 2 atom stereocenters. The molecule has 0 aliphatic heterocycles. The summed E-state index contributed by atoms with van der Waals surface area (Å²) < 4.78 is 23.5. The van der Waals surface area contributed by atoms with Crippen molar-refractivity contribution in [2.45, 2.75) is 25.6 Å². The van der Waals surface area contributed by atoms with E-state index in [1.54, 1.807) is 19.2 Å². The normalized spacial score (nSPS) is 15.1. The number of furan rings is 1. The second-order valence-corrected chi connectivity index (χ2v) is 4.13. The van der Waals surface area contributed by atoms with Crippen molar-refractivity contribution in [3.8, 4) is 0 Å². The zero-order valence-corrected chi connectivity index (χ0v) is 9.81. The highest BCUT2D eigenvalue weighted by Crippen LogP contribution is 2.27. The molecule has 2 aromatic rings. The Morgan fingerprint density at radius 1 is 1.41 bits per heavy atom. The molecular weight excluding hydrogens is 223 g/mol. The fourth-order valence-corrected chi connectivity index (χ4v) is 1.73. The lowest BCUT2D eigenvalue weighted by atomic mass is 10.1. The van der Waals surface area contributed by atoms with E-state index in [1.165, 1.54) is 12.1 Å². The largest absolute Gasteiger partial charge is 0.458 e. The van der Waals surface area contributed by atoms with Gasteiger partial charge in [-0.2, -0.15) is 0 Å². The van der Waals surface area contributed by atoms with E-state index in [-0.39, 0.29) is 11.9 Å². The van der Waals surface area contributed by atoms with Crippen LogP contribution in [0.3, 0.4) is 0 Å². The Kier molecular flexibility index (Phi) is 3.45. The van der Waals surface area contributed by atoms with Gasteiger partial charge in [0, 0.05) is 18.9 Å². The summed E-state index contributed by atoms with van der Waals surface area (Å²) in [7, 11) is 1.59. The van der Waals surface area contributed by atoms with Gasteiger partial charge in [-0.3, -0.25) is 0 Å². The van der Waals surface area contributed by atoms with Crippen LogP contribution in [0.1, 0.15) is 25.2 Å². The summed E-state index contributed by atoms with van der Waals surface area (Å²) in [5, 5.41) is 10.6. The topological polar surface area (TPSA) is 42.6 Å². The number of fused-ring (bicyclic) bond motifs is 1. The van der Waals surface area contributed by atoms with Crippen LogP contribution in [-0.2, 0) is 4.74 Å². The number of rotatable bonds is 4. The summed E-state index contributed by atoms with van der Waals surface area (Å²) >= 11 is 0. The Hall–Kier alpha value is -1.39. The van der Waals surface area contributed by atoms with E-state index in [9.17, 15) is 9.50 Å². The molecular formula is C13H15FO3. The number of benzene rings is 1. The molecule has 4 heteroatoms. The maximum atomic E-state index is 13.0. The zero-order valence-electron chi connectivity index (χ0n) is 9.81. The summed E-state index contributed by atoms with van der Waals surface area (Å²) in [5.74, 6) is 0.124. The standard InChI is InChI=1S/C13H15FO3/c1-8(16-2)5-11(15)13-7-9-6-10(14)3-4-12(9)17-13/h3-4,6-8,11,15H,5H2,1-2H3. The lowest BCUT2D eigenvalue weighted by Crippen LogP contribution is -2.10. The Morgan fingerprint density at radius 2 is 2.18 bits per heavy atom. The number of methoxy groups -OCH3 is 1. The van der Waals surface area contributed by atoms with Gasteiger partial charge >= 0.3 is 0 Å². The van der Waals surface area contributed by atoms with Gasteiger partial charge in [-0.25, -0.2) is 4.39 Å². The maximum Gasteiger partial charge on any atom is 0.134 e. The van der Waals surface area contributed by atoms with E-state index in [2.05, 4.69) is 0 Å². The first-order valence-corrected chi connectivity index (χ1v) is 5.50. The van der Waals surface area contributed by atoms with Gasteiger partial charge in [0.05, 0.1) is 6.10 Å². The molecule has 1 N–H and O–H groups in total. The van der Waals surface area contributed by atoms with Gasteiger partial charge in [-0.1, -0.05) is 0 Å². The summed E-state index contributed by atoms with van der Waals surface area (Å²) in [6.07, 6.45) is -0.353. The predicted molar refractivity (Wildman–Crippen MR) is 62.2 cm³/mol. The number of halogens is 1. The lowest BCUT2D eigenvalue weighted by Gasteiger charge is -2.12. The van der Waals surface area contributed by atoms with Crippen LogP contribution in [0.4, 0.5) is 4.39 Å². The van der Waals surface area contributed by atoms with Crippen LogP contribution in [0.2, 0.25) is 0 Å². The van der Waals surface area contributed by atoms with Crippen molar-refractivity contribution in [1.29, 1.82) is 0 Å². The van der Waals surface area contributed by atoms with Gasteiger partial charge in [0.15, 0.2) is 0 Å². The summed E-state index contributed by atoms with van der Waals surface area (Å²) in [4.78, 5) is 0. The van der Waals surface area contributed by atoms with Crippen molar-refractivity contribution in [3.63, 3.8) is 0 Å². The fourth-order valence-electron chi connectivity index (χ4n) is 1.73. The van der Waals surface area contributed by atoms with E-state index >= 15 is 0 Å². The number of ether oxygens (including phenoxy) is 1. The van der Waals surface area contributed by atoms with Crippen molar-refractivity contribution in [3.05, 3.63) is 35.8 Å². The van der Waals surface area contributed by atoms with Crippen molar-refractivity contribution < 1.29 is 18.7 Å². The quantitative estimate of drug-likeness (QED) is 0.890. The molecule has 0 aliphatic carbocycles. The fraction of sp³-hybridized carbons (Fsp3) is 0.385. The van der Waals surface area contributed by atoms with Gasteiger partial charge in [-0.15, -0.1) is 0 Å². The molecule has 17 heavy (non-hydrogen) atoms. The van der Waals surface area contributed by atoms with Crippen LogP contribution in [0.25, 0.3) is 11.0 Å². The van der Waals surface area contributed by atoms with Gasteiger partial charge in [0.25, 0.3) is 0 Å². The molecule has 0 radical (unpaired) electrons. The van der Waals surface area contributed by atoms with Crippen molar-refractivity contribution in [2.75, 3.05) is 7.11 Å². The van der Waals surface area contributed by atoms with Gasteiger partial charge in [-0.05, 0) is 31.2 Å². The first-order valence-electron chi connectivity index (χ1n) is 5.50. The smallest absolute Gasteiger partial charge is 0.134 e. The molecule has 2 unspecified atom stereocenters. The second-order valence-electron chi connectivity index (χ2n) is 4.13. The second kappa shape index (κ2) is 4.85. The molecule has 92 valence electrons. The van der Waals surface area contributed by atoms with Crippen LogP contribution in [0.15, 0.2) is 28.7 Å². The summed E-state index contributed by atoms with van der Waals surface area (Å²) in [5.41, 5.74) is 0.575. The third kappa shape index (κ3) is 2.65. The van der Waals surface area contributed by atoms with Crippen molar-refractivity contribution in [2.24, 2.45) is 0 Å². The van der Waals surface area contributed by atoms with E-state index in [0.717, 1.165) is 0 Å². The predicted octanol–water partition coefficient (Wildman–Crippen LogP) is 3.03. The average molecular weight is 238 g/mol. The Balaban J connectivity index is 2.24. The van der Waals surface area contributed by atoms with Gasteiger partial charge < -0.3 is 14.3 Å². The van der Waals surface area contributed by atoms with Crippen LogP contribution >= 0.6 is 0 Å². The minimum Gasteiger partial charge on any atom is -0.458 e. The zero-order chi connectivity index (χ0) is 12.4. The molecule has 1 aromatic heterocycles. The molecule has 3 nitrogen and oxygen atoms in total. The van der Waals surface area contributed by atoms with Gasteiger partial charge in [0.1, 0.15) is 23.3 Å². The Morgan fingerprint density at radius 3 is 2.88 bits per heavy atom. The molecule has 2 rings (SSSR count). The number of aliphatic hydroxyl groups excluding tert-OH is 1. The SMILES string of the molecule is COC(C)CC(O)c1cc2cc(F)ccc2o1. The third-order valence-corrected chi connectivity index (χ3v) is 2.78. The first kappa shape index (κ1) is 12.1. The highest BCUT2D eigenvalue weighted by atomic mass is 19.1. The minimum absolute atomic E-state index is 0.0602. The van der Waals surface area contributed by atoms with E-state index in [4.69, 9.17) is 9.15 Å².